The second-order valence-electron chi connectivity index (χ2n) is 5.02. The number of hydrogen-bond acceptors (Lipinski definition) is 1. The SMILES string of the molecule is C=CC(=O)N1CCC(C)C2CCCCC21. The fraction of sp³-hybridized carbons (Fsp3) is 0.769. The van der Waals surface area contributed by atoms with Crippen molar-refractivity contribution in [1.82, 2.24) is 4.90 Å². The highest BCUT2D eigenvalue weighted by atomic mass is 16.2. The van der Waals surface area contributed by atoms with Gasteiger partial charge < -0.3 is 4.90 Å². The van der Waals surface area contributed by atoms with Crippen LogP contribution in [-0.2, 0) is 4.79 Å². The number of fused-ring (bicyclic) bond motifs is 1. The Bertz CT molecular complexity index is 261. The number of rotatable bonds is 1. The van der Waals surface area contributed by atoms with Crippen molar-refractivity contribution in [2.24, 2.45) is 11.8 Å². The van der Waals surface area contributed by atoms with Crippen LogP contribution in [0, 0.1) is 11.8 Å². The van der Waals surface area contributed by atoms with Crippen LogP contribution in [0.3, 0.4) is 0 Å². The molecule has 1 amide bonds. The highest BCUT2D eigenvalue weighted by Crippen LogP contribution is 2.38. The Morgan fingerprint density at radius 3 is 2.80 bits per heavy atom. The minimum absolute atomic E-state index is 0.138. The summed E-state index contributed by atoms with van der Waals surface area (Å²) < 4.78 is 0. The number of hydrogen-bond donors (Lipinski definition) is 0. The van der Waals surface area contributed by atoms with E-state index < -0.39 is 0 Å². The molecule has 0 bridgehead atoms. The van der Waals surface area contributed by atoms with Crippen molar-refractivity contribution in [2.45, 2.75) is 45.1 Å². The highest BCUT2D eigenvalue weighted by Gasteiger charge is 2.38. The summed E-state index contributed by atoms with van der Waals surface area (Å²) in [4.78, 5) is 13.8. The van der Waals surface area contributed by atoms with E-state index in [0.29, 0.717) is 6.04 Å². The molecule has 2 nitrogen and oxygen atoms in total. The minimum Gasteiger partial charge on any atom is -0.336 e. The van der Waals surface area contributed by atoms with Gasteiger partial charge in [0, 0.05) is 12.6 Å². The third-order valence-electron chi connectivity index (χ3n) is 4.20. The standard InChI is InChI=1S/C13H21NO/c1-3-13(15)14-9-8-10(2)11-6-4-5-7-12(11)14/h3,10-12H,1,4-9H2,2H3. The van der Waals surface area contributed by atoms with Gasteiger partial charge in [-0.15, -0.1) is 0 Å². The van der Waals surface area contributed by atoms with Gasteiger partial charge in [-0.05, 0) is 37.2 Å². The zero-order valence-corrected chi connectivity index (χ0v) is 9.61. The van der Waals surface area contributed by atoms with E-state index in [9.17, 15) is 4.79 Å². The van der Waals surface area contributed by atoms with Gasteiger partial charge in [-0.3, -0.25) is 4.79 Å². The Labute approximate surface area is 92.3 Å². The number of nitrogens with zero attached hydrogens (tertiary/aromatic N) is 1. The molecule has 1 saturated heterocycles. The Hall–Kier alpha value is -0.790. The van der Waals surface area contributed by atoms with Gasteiger partial charge in [0.2, 0.25) is 5.91 Å². The lowest BCUT2D eigenvalue weighted by Gasteiger charge is -2.47. The van der Waals surface area contributed by atoms with Gasteiger partial charge in [0.05, 0.1) is 0 Å². The second-order valence-corrected chi connectivity index (χ2v) is 5.02. The van der Waals surface area contributed by atoms with Crippen LogP contribution in [0.4, 0.5) is 0 Å². The Morgan fingerprint density at radius 2 is 2.07 bits per heavy atom. The van der Waals surface area contributed by atoms with Crippen LogP contribution in [0.1, 0.15) is 39.0 Å². The lowest BCUT2D eigenvalue weighted by Crippen LogP contribution is -2.51. The number of carbonyl (C=O) groups is 1. The third-order valence-corrected chi connectivity index (χ3v) is 4.20. The molecule has 2 aliphatic rings. The smallest absolute Gasteiger partial charge is 0.246 e. The highest BCUT2D eigenvalue weighted by molar-refractivity contribution is 5.87. The van der Waals surface area contributed by atoms with E-state index in [1.807, 2.05) is 0 Å². The van der Waals surface area contributed by atoms with Crippen LogP contribution in [0.5, 0.6) is 0 Å². The van der Waals surface area contributed by atoms with Gasteiger partial charge in [0.15, 0.2) is 0 Å². The maximum atomic E-state index is 11.7. The van der Waals surface area contributed by atoms with Crippen molar-refractivity contribution in [3.05, 3.63) is 12.7 Å². The Kier molecular flexibility index (Phi) is 3.13. The van der Waals surface area contributed by atoms with Crippen LogP contribution in [0.2, 0.25) is 0 Å². The first kappa shape index (κ1) is 10.7. The first-order valence-corrected chi connectivity index (χ1v) is 6.17. The van der Waals surface area contributed by atoms with Gasteiger partial charge in [-0.25, -0.2) is 0 Å². The van der Waals surface area contributed by atoms with Crippen molar-refractivity contribution in [3.8, 4) is 0 Å². The summed E-state index contributed by atoms with van der Waals surface area (Å²) in [6.45, 7) is 6.88. The molecule has 1 aliphatic carbocycles. The zero-order chi connectivity index (χ0) is 10.8. The molecule has 0 aromatic heterocycles. The first-order valence-electron chi connectivity index (χ1n) is 6.17. The van der Waals surface area contributed by atoms with E-state index >= 15 is 0 Å². The molecule has 0 aromatic carbocycles. The van der Waals surface area contributed by atoms with Crippen molar-refractivity contribution in [2.75, 3.05) is 6.54 Å². The van der Waals surface area contributed by atoms with Crippen LogP contribution in [0.25, 0.3) is 0 Å². The van der Waals surface area contributed by atoms with Gasteiger partial charge in [-0.2, -0.15) is 0 Å². The van der Waals surface area contributed by atoms with Crippen LogP contribution in [0.15, 0.2) is 12.7 Å². The van der Waals surface area contributed by atoms with Crippen LogP contribution in [-0.4, -0.2) is 23.4 Å². The molecule has 1 saturated carbocycles. The van der Waals surface area contributed by atoms with Crippen LogP contribution >= 0.6 is 0 Å². The van der Waals surface area contributed by atoms with E-state index in [1.165, 1.54) is 38.2 Å². The lowest BCUT2D eigenvalue weighted by atomic mass is 9.72. The average molecular weight is 207 g/mol. The topological polar surface area (TPSA) is 20.3 Å². The maximum absolute atomic E-state index is 11.7. The maximum Gasteiger partial charge on any atom is 0.246 e. The molecule has 2 rings (SSSR count). The number of carbonyl (C=O) groups excluding carboxylic acids is 1. The fourth-order valence-corrected chi connectivity index (χ4v) is 3.30. The average Bonchev–Trinajstić information content (AvgIpc) is 2.29. The van der Waals surface area contributed by atoms with Gasteiger partial charge in [0.1, 0.15) is 0 Å². The Morgan fingerprint density at radius 1 is 1.33 bits per heavy atom. The van der Waals surface area contributed by atoms with E-state index in [4.69, 9.17) is 0 Å². The summed E-state index contributed by atoms with van der Waals surface area (Å²) >= 11 is 0. The molecular weight excluding hydrogens is 186 g/mol. The molecule has 3 atom stereocenters. The summed E-state index contributed by atoms with van der Waals surface area (Å²) in [7, 11) is 0. The summed E-state index contributed by atoms with van der Waals surface area (Å²) in [6.07, 6.45) is 7.79. The molecule has 0 N–H and O–H groups in total. The molecule has 1 aliphatic heterocycles. The van der Waals surface area contributed by atoms with Crippen molar-refractivity contribution >= 4 is 5.91 Å². The zero-order valence-electron chi connectivity index (χ0n) is 9.61. The number of piperidine rings is 1. The van der Waals surface area contributed by atoms with Crippen molar-refractivity contribution in [1.29, 1.82) is 0 Å². The van der Waals surface area contributed by atoms with Crippen molar-refractivity contribution in [3.63, 3.8) is 0 Å². The first-order chi connectivity index (χ1) is 7.24. The van der Waals surface area contributed by atoms with Gasteiger partial charge >= 0.3 is 0 Å². The normalized spacial score (nSPS) is 35.8. The summed E-state index contributed by atoms with van der Waals surface area (Å²) in [6, 6.07) is 0.507. The molecular formula is C13H21NO. The monoisotopic (exact) mass is 207 g/mol. The number of amides is 1. The second kappa shape index (κ2) is 4.38. The van der Waals surface area contributed by atoms with E-state index in [-0.39, 0.29) is 5.91 Å². The summed E-state index contributed by atoms with van der Waals surface area (Å²) in [5, 5.41) is 0. The minimum atomic E-state index is 0.138. The molecule has 0 aromatic rings. The van der Waals surface area contributed by atoms with Gasteiger partial charge in [0.25, 0.3) is 0 Å². The third kappa shape index (κ3) is 1.95. The predicted molar refractivity (Wildman–Crippen MR) is 61.4 cm³/mol. The molecule has 0 radical (unpaired) electrons. The molecule has 2 heteroatoms. The summed E-state index contributed by atoms with van der Waals surface area (Å²) in [5.74, 6) is 1.68. The fourth-order valence-electron chi connectivity index (χ4n) is 3.30. The van der Waals surface area contributed by atoms with Crippen LogP contribution < -0.4 is 0 Å². The molecule has 1 heterocycles. The summed E-state index contributed by atoms with van der Waals surface area (Å²) in [5.41, 5.74) is 0. The molecule has 84 valence electrons. The number of likely N-dealkylation sites (tertiary alicyclic amines) is 1. The largest absolute Gasteiger partial charge is 0.336 e. The molecule has 3 unspecified atom stereocenters. The predicted octanol–water partition coefficient (Wildman–Crippen LogP) is 2.60. The van der Waals surface area contributed by atoms with E-state index in [1.54, 1.807) is 0 Å². The van der Waals surface area contributed by atoms with E-state index in [0.717, 1.165) is 18.4 Å². The van der Waals surface area contributed by atoms with E-state index in [2.05, 4.69) is 18.4 Å². The molecule has 15 heavy (non-hydrogen) atoms. The lowest BCUT2D eigenvalue weighted by molar-refractivity contribution is -0.133. The van der Waals surface area contributed by atoms with Gasteiger partial charge in [-0.1, -0.05) is 26.3 Å². The quantitative estimate of drug-likeness (QED) is 0.605. The molecule has 2 fully saturated rings. The molecule has 0 spiro atoms. The van der Waals surface area contributed by atoms with Crippen molar-refractivity contribution < 1.29 is 4.79 Å². The Balaban J connectivity index is 2.13.